The number of rotatable bonds is 4. The molecule has 21 heavy (non-hydrogen) atoms. The molecular weight excluding hydrogens is 298 g/mol. The van der Waals surface area contributed by atoms with Crippen LogP contribution < -0.4 is 4.74 Å². The zero-order valence-corrected chi connectivity index (χ0v) is 11.6. The van der Waals surface area contributed by atoms with Gasteiger partial charge in [-0.2, -0.15) is 0 Å². The van der Waals surface area contributed by atoms with E-state index in [1.807, 2.05) is 0 Å². The van der Waals surface area contributed by atoms with Crippen LogP contribution in [0.2, 0.25) is 5.02 Å². The van der Waals surface area contributed by atoms with Gasteiger partial charge in [0.1, 0.15) is 5.56 Å². The Bertz CT molecular complexity index is 668. The number of carboxylic acids is 1. The van der Waals surface area contributed by atoms with E-state index in [2.05, 4.69) is 0 Å². The standard InChI is InChI=1S/C14H10ClNO5/c1-8-4-2-7-11(16(19)20)12(8)21-13-9(14(17)18)5-3-6-10(13)15/h2-7H,1H3,(H,17,18). The molecular formula is C14H10ClNO5. The highest BCUT2D eigenvalue weighted by Gasteiger charge is 2.22. The third-order valence-electron chi connectivity index (χ3n) is 2.79. The van der Waals surface area contributed by atoms with Gasteiger partial charge in [-0.3, -0.25) is 10.1 Å². The number of para-hydroxylation sites is 2. The zero-order valence-electron chi connectivity index (χ0n) is 10.9. The number of aromatic carboxylic acids is 1. The molecule has 0 aromatic heterocycles. The van der Waals surface area contributed by atoms with Gasteiger partial charge in [0.05, 0.1) is 9.95 Å². The predicted octanol–water partition coefficient (Wildman–Crippen LogP) is 4.05. The van der Waals surface area contributed by atoms with Crippen LogP contribution >= 0.6 is 11.6 Å². The summed E-state index contributed by atoms with van der Waals surface area (Å²) in [7, 11) is 0. The number of carboxylic acid groups (broad SMARTS) is 1. The average Bonchev–Trinajstić information content (AvgIpc) is 2.42. The van der Waals surface area contributed by atoms with Gasteiger partial charge in [0.25, 0.3) is 0 Å². The van der Waals surface area contributed by atoms with Gasteiger partial charge < -0.3 is 9.84 Å². The molecule has 108 valence electrons. The lowest BCUT2D eigenvalue weighted by Crippen LogP contribution is -2.02. The van der Waals surface area contributed by atoms with Gasteiger partial charge in [-0.25, -0.2) is 4.79 Å². The van der Waals surface area contributed by atoms with Crippen LogP contribution in [-0.4, -0.2) is 16.0 Å². The molecule has 0 amide bonds. The molecule has 0 saturated carbocycles. The molecule has 0 aliphatic carbocycles. The minimum Gasteiger partial charge on any atom is -0.478 e. The van der Waals surface area contributed by atoms with Gasteiger partial charge in [-0.15, -0.1) is 0 Å². The van der Waals surface area contributed by atoms with Crippen molar-refractivity contribution in [2.24, 2.45) is 0 Å². The second-order valence-corrected chi connectivity index (χ2v) is 4.61. The van der Waals surface area contributed by atoms with E-state index in [0.29, 0.717) is 5.56 Å². The maximum atomic E-state index is 11.2. The van der Waals surface area contributed by atoms with Crippen molar-refractivity contribution in [2.75, 3.05) is 0 Å². The van der Waals surface area contributed by atoms with E-state index < -0.39 is 10.9 Å². The summed E-state index contributed by atoms with van der Waals surface area (Å²) in [6.45, 7) is 1.62. The van der Waals surface area contributed by atoms with Gasteiger partial charge in [-0.05, 0) is 24.6 Å². The summed E-state index contributed by atoms with van der Waals surface area (Å²) in [5.41, 5.74) is 0.0757. The maximum absolute atomic E-state index is 11.2. The van der Waals surface area contributed by atoms with Gasteiger partial charge in [-0.1, -0.05) is 29.8 Å². The molecule has 0 fully saturated rings. The summed E-state index contributed by atoms with van der Waals surface area (Å²) < 4.78 is 5.47. The number of ether oxygens (including phenoxy) is 1. The summed E-state index contributed by atoms with van der Waals surface area (Å²) in [5, 5.41) is 20.3. The first-order valence-corrected chi connectivity index (χ1v) is 6.23. The van der Waals surface area contributed by atoms with Crippen LogP contribution in [-0.2, 0) is 0 Å². The Balaban J connectivity index is 2.59. The van der Waals surface area contributed by atoms with Crippen molar-refractivity contribution in [3.05, 3.63) is 62.7 Å². The van der Waals surface area contributed by atoms with Crippen LogP contribution in [0.25, 0.3) is 0 Å². The molecule has 1 N–H and O–H groups in total. The molecule has 0 bridgehead atoms. The molecule has 0 aliphatic rings. The SMILES string of the molecule is Cc1cccc([N+](=O)[O-])c1Oc1c(Cl)cccc1C(=O)O. The Morgan fingerprint density at radius 3 is 2.52 bits per heavy atom. The van der Waals surface area contributed by atoms with Crippen molar-refractivity contribution in [1.29, 1.82) is 0 Å². The van der Waals surface area contributed by atoms with E-state index in [4.69, 9.17) is 21.4 Å². The van der Waals surface area contributed by atoms with Gasteiger partial charge in [0.15, 0.2) is 5.75 Å². The highest BCUT2D eigenvalue weighted by Crippen LogP contribution is 2.39. The number of hydrogen-bond donors (Lipinski definition) is 1. The number of carbonyl (C=O) groups is 1. The number of halogens is 1. The summed E-state index contributed by atoms with van der Waals surface area (Å²) in [6.07, 6.45) is 0. The first-order chi connectivity index (χ1) is 9.91. The van der Waals surface area contributed by atoms with Gasteiger partial charge in [0, 0.05) is 6.07 Å². The van der Waals surface area contributed by atoms with E-state index in [-0.39, 0.29) is 27.8 Å². The summed E-state index contributed by atoms with van der Waals surface area (Å²) >= 11 is 5.95. The smallest absolute Gasteiger partial charge is 0.339 e. The zero-order chi connectivity index (χ0) is 15.6. The van der Waals surface area contributed by atoms with Crippen LogP contribution in [0.15, 0.2) is 36.4 Å². The molecule has 2 rings (SSSR count). The first kappa shape index (κ1) is 14.8. The highest BCUT2D eigenvalue weighted by atomic mass is 35.5. The second kappa shape index (κ2) is 5.80. The van der Waals surface area contributed by atoms with E-state index in [9.17, 15) is 14.9 Å². The maximum Gasteiger partial charge on any atom is 0.339 e. The van der Waals surface area contributed by atoms with Crippen LogP contribution in [0.5, 0.6) is 11.5 Å². The monoisotopic (exact) mass is 307 g/mol. The number of aryl methyl sites for hydroxylation is 1. The van der Waals surface area contributed by atoms with Crippen LogP contribution in [0.4, 0.5) is 5.69 Å². The molecule has 2 aromatic rings. The van der Waals surface area contributed by atoms with Gasteiger partial charge >= 0.3 is 11.7 Å². The van der Waals surface area contributed by atoms with Crippen molar-refractivity contribution in [2.45, 2.75) is 6.92 Å². The van der Waals surface area contributed by atoms with Crippen LogP contribution in [0.3, 0.4) is 0 Å². The minimum atomic E-state index is -1.23. The fourth-order valence-electron chi connectivity index (χ4n) is 1.80. The Kier molecular flexibility index (Phi) is 4.09. The Morgan fingerprint density at radius 1 is 1.24 bits per heavy atom. The van der Waals surface area contributed by atoms with Crippen molar-refractivity contribution in [1.82, 2.24) is 0 Å². The lowest BCUT2D eigenvalue weighted by molar-refractivity contribution is -0.385. The second-order valence-electron chi connectivity index (χ2n) is 4.20. The van der Waals surface area contributed by atoms with Crippen molar-refractivity contribution < 1.29 is 19.6 Å². The number of nitrogens with zero attached hydrogens (tertiary/aromatic N) is 1. The largest absolute Gasteiger partial charge is 0.478 e. The van der Waals surface area contributed by atoms with Crippen LogP contribution in [0.1, 0.15) is 15.9 Å². The fraction of sp³-hybridized carbons (Fsp3) is 0.0714. The Morgan fingerprint density at radius 2 is 1.90 bits per heavy atom. The number of nitro groups is 1. The quantitative estimate of drug-likeness (QED) is 0.680. The topological polar surface area (TPSA) is 89.7 Å². The predicted molar refractivity (Wildman–Crippen MR) is 76.3 cm³/mol. The van der Waals surface area contributed by atoms with E-state index in [1.54, 1.807) is 13.0 Å². The van der Waals surface area contributed by atoms with E-state index >= 15 is 0 Å². The third-order valence-corrected chi connectivity index (χ3v) is 3.09. The number of benzene rings is 2. The van der Waals surface area contributed by atoms with Crippen molar-refractivity contribution >= 4 is 23.3 Å². The Labute approximate surface area is 124 Å². The summed E-state index contributed by atoms with van der Waals surface area (Å²) in [6, 6.07) is 8.65. The highest BCUT2D eigenvalue weighted by molar-refractivity contribution is 6.32. The molecule has 0 aliphatic heterocycles. The van der Waals surface area contributed by atoms with Crippen molar-refractivity contribution in [3.8, 4) is 11.5 Å². The summed E-state index contributed by atoms with van der Waals surface area (Å²) in [4.78, 5) is 21.6. The van der Waals surface area contributed by atoms with Crippen LogP contribution in [0, 0.1) is 17.0 Å². The molecule has 7 heteroatoms. The normalized spacial score (nSPS) is 10.2. The van der Waals surface area contributed by atoms with Gasteiger partial charge in [0.2, 0.25) is 5.75 Å². The Hall–Kier alpha value is -2.60. The van der Waals surface area contributed by atoms with Crippen molar-refractivity contribution in [3.63, 3.8) is 0 Å². The summed E-state index contributed by atoms with van der Waals surface area (Å²) in [5.74, 6) is -1.38. The molecule has 2 aromatic carbocycles. The molecule has 0 spiro atoms. The average molecular weight is 308 g/mol. The fourth-order valence-corrected chi connectivity index (χ4v) is 2.01. The number of hydrogen-bond acceptors (Lipinski definition) is 4. The molecule has 6 nitrogen and oxygen atoms in total. The lowest BCUT2D eigenvalue weighted by Gasteiger charge is -2.12. The third kappa shape index (κ3) is 2.95. The molecule has 0 atom stereocenters. The number of nitro benzene ring substituents is 1. The van der Waals surface area contributed by atoms with E-state index in [0.717, 1.165) is 0 Å². The molecule has 0 radical (unpaired) electrons. The van der Waals surface area contributed by atoms with E-state index in [1.165, 1.54) is 30.3 Å². The minimum absolute atomic E-state index is 0.0295. The molecule has 0 unspecified atom stereocenters. The molecule has 0 saturated heterocycles. The molecule has 0 heterocycles. The first-order valence-electron chi connectivity index (χ1n) is 5.85. The lowest BCUT2D eigenvalue weighted by atomic mass is 10.1.